The number of nitrogens with one attached hydrogen (secondary N) is 1. The van der Waals surface area contributed by atoms with Crippen LogP contribution in [0, 0.1) is 10.1 Å². The number of hydrogen-bond acceptors (Lipinski definition) is 4. The van der Waals surface area contributed by atoms with Crippen molar-refractivity contribution < 1.29 is 14.5 Å². The summed E-state index contributed by atoms with van der Waals surface area (Å²) in [7, 11) is 0. The quantitative estimate of drug-likeness (QED) is 0.656. The van der Waals surface area contributed by atoms with E-state index >= 15 is 0 Å². The fraction of sp³-hybridized carbons (Fsp3) is 0.308. The van der Waals surface area contributed by atoms with Crippen molar-refractivity contribution in [1.82, 2.24) is 0 Å². The molecule has 0 unspecified atom stereocenters. The molecule has 0 bridgehead atoms. The Balaban J connectivity index is 2.53. The molecule has 2 rings (SSSR count). The van der Waals surface area contributed by atoms with Gasteiger partial charge in [0, 0.05) is 24.6 Å². The van der Waals surface area contributed by atoms with Gasteiger partial charge in [-0.1, -0.05) is 6.08 Å². The number of fused-ring (bicyclic) bond motifs is 1. The zero-order chi connectivity index (χ0) is 14.2. The van der Waals surface area contributed by atoms with E-state index in [4.69, 9.17) is 4.74 Å². The topological polar surface area (TPSA) is 81.5 Å². The molecule has 1 heterocycles. The second-order valence-corrected chi connectivity index (χ2v) is 4.88. The van der Waals surface area contributed by atoms with Crippen LogP contribution in [0.2, 0.25) is 0 Å². The van der Waals surface area contributed by atoms with Gasteiger partial charge in [0.2, 0.25) is 5.91 Å². The van der Waals surface area contributed by atoms with Crippen LogP contribution in [-0.4, -0.2) is 16.4 Å². The third-order valence-corrected chi connectivity index (χ3v) is 2.67. The van der Waals surface area contributed by atoms with Crippen molar-refractivity contribution in [2.75, 3.05) is 5.32 Å². The summed E-state index contributed by atoms with van der Waals surface area (Å²) >= 11 is 0. The fourth-order valence-corrected chi connectivity index (χ4v) is 1.85. The van der Waals surface area contributed by atoms with Crippen molar-refractivity contribution in [3.05, 3.63) is 33.9 Å². The van der Waals surface area contributed by atoms with Gasteiger partial charge in [-0.05, 0) is 19.9 Å². The Kier molecular flexibility index (Phi) is 3.01. The van der Waals surface area contributed by atoms with Gasteiger partial charge in [0.25, 0.3) is 5.69 Å². The van der Waals surface area contributed by atoms with Gasteiger partial charge >= 0.3 is 0 Å². The van der Waals surface area contributed by atoms with Crippen LogP contribution in [0.3, 0.4) is 0 Å². The number of nitrogens with zero attached hydrogens (tertiary/aromatic N) is 1. The van der Waals surface area contributed by atoms with Crippen molar-refractivity contribution in [1.29, 1.82) is 0 Å². The molecule has 1 aliphatic heterocycles. The summed E-state index contributed by atoms with van der Waals surface area (Å²) in [5.41, 5.74) is 0.140. The Labute approximate surface area is 110 Å². The molecule has 100 valence electrons. The number of benzene rings is 1. The molecule has 0 fully saturated rings. The molecule has 0 spiro atoms. The van der Waals surface area contributed by atoms with Crippen LogP contribution < -0.4 is 10.1 Å². The SMILES string of the molecule is CC(=O)Nc1cc2c(cc1[N+](=O)[O-])C=CC(C)(C)O2. The molecule has 0 atom stereocenters. The zero-order valence-electron chi connectivity index (χ0n) is 10.9. The maximum Gasteiger partial charge on any atom is 0.293 e. The van der Waals surface area contributed by atoms with Crippen molar-refractivity contribution in [2.45, 2.75) is 26.4 Å². The van der Waals surface area contributed by atoms with Crippen molar-refractivity contribution in [3.8, 4) is 5.75 Å². The molecule has 1 aliphatic rings. The van der Waals surface area contributed by atoms with Crippen LogP contribution in [0.4, 0.5) is 11.4 Å². The van der Waals surface area contributed by atoms with Crippen LogP contribution in [-0.2, 0) is 4.79 Å². The molecule has 6 heteroatoms. The molecule has 1 N–H and O–H groups in total. The van der Waals surface area contributed by atoms with E-state index < -0.39 is 10.5 Å². The highest BCUT2D eigenvalue weighted by atomic mass is 16.6. The van der Waals surface area contributed by atoms with Crippen molar-refractivity contribution >= 4 is 23.4 Å². The van der Waals surface area contributed by atoms with Crippen molar-refractivity contribution in [3.63, 3.8) is 0 Å². The van der Waals surface area contributed by atoms with Gasteiger partial charge in [-0.2, -0.15) is 0 Å². The van der Waals surface area contributed by atoms with Gasteiger partial charge in [0.05, 0.1) is 4.92 Å². The van der Waals surface area contributed by atoms with Crippen molar-refractivity contribution in [2.24, 2.45) is 0 Å². The van der Waals surface area contributed by atoms with E-state index in [1.54, 1.807) is 6.08 Å². The predicted octanol–water partition coefficient (Wildman–Crippen LogP) is 2.74. The Hall–Kier alpha value is -2.37. The summed E-state index contributed by atoms with van der Waals surface area (Å²) in [6, 6.07) is 2.88. The highest BCUT2D eigenvalue weighted by Gasteiger charge is 2.26. The third-order valence-electron chi connectivity index (χ3n) is 2.67. The van der Waals surface area contributed by atoms with E-state index in [0.717, 1.165) is 0 Å². The maximum atomic E-state index is 11.1. The van der Waals surface area contributed by atoms with Crippen LogP contribution in [0.1, 0.15) is 26.3 Å². The van der Waals surface area contributed by atoms with E-state index in [2.05, 4.69) is 5.32 Å². The lowest BCUT2D eigenvalue weighted by atomic mass is 10.0. The van der Waals surface area contributed by atoms with Crippen LogP contribution in [0.5, 0.6) is 5.75 Å². The first-order valence-corrected chi connectivity index (χ1v) is 5.77. The number of nitro groups is 1. The molecule has 0 aromatic heterocycles. The molecule has 0 saturated heterocycles. The van der Waals surface area contributed by atoms with Gasteiger partial charge in [0.1, 0.15) is 17.0 Å². The molecule has 6 nitrogen and oxygen atoms in total. The second kappa shape index (κ2) is 4.38. The molecule has 0 saturated carbocycles. The van der Waals surface area contributed by atoms with E-state index in [-0.39, 0.29) is 17.3 Å². The number of hydrogen-bond donors (Lipinski definition) is 1. The molecule has 0 radical (unpaired) electrons. The van der Waals surface area contributed by atoms with Gasteiger partial charge in [0.15, 0.2) is 0 Å². The van der Waals surface area contributed by atoms with Gasteiger partial charge < -0.3 is 10.1 Å². The number of nitro benzene ring substituents is 1. The third kappa shape index (κ3) is 2.73. The number of carbonyl (C=O) groups is 1. The molecule has 1 aromatic carbocycles. The van der Waals surface area contributed by atoms with E-state index in [9.17, 15) is 14.9 Å². The fourth-order valence-electron chi connectivity index (χ4n) is 1.85. The van der Waals surface area contributed by atoms with Gasteiger partial charge in [-0.3, -0.25) is 14.9 Å². The largest absolute Gasteiger partial charge is 0.483 e. The van der Waals surface area contributed by atoms with Crippen LogP contribution in [0.25, 0.3) is 6.08 Å². The standard InChI is InChI=1S/C13H14N2O4/c1-8(16)14-10-7-12-9(6-11(10)15(17)18)4-5-13(2,3)19-12/h4-7H,1-3H3,(H,14,16). The lowest BCUT2D eigenvalue weighted by Crippen LogP contribution is -2.27. The summed E-state index contributed by atoms with van der Waals surface area (Å²) in [6.45, 7) is 5.06. The average Bonchev–Trinajstić information content (AvgIpc) is 2.25. The normalized spacial score (nSPS) is 15.3. The minimum absolute atomic E-state index is 0.141. The highest BCUT2D eigenvalue weighted by molar-refractivity contribution is 5.92. The first kappa shape index (κ1) is 13.1. The molecule has 1 aromatic rings. The minimum atomic E-state index is -0.529. The maximum absolute atomic E-state index is 11.1. The van der Waals surface area contributed by atoms with Gasteiger partial charge in [-0.25, -0.2) is 0 Å². The summed E-state index contributed by atoms with van der Waals surface area (Å²) in [5, 5.41) is 13.5. The number of carbonyl (C=O) groups excluding carboxylic acids is 1. The summed E-state index contributed by atoms with van der Waals surface area (Å²) in [5.74, 6) is 0.149. The van der Waals surface area contributed by atoms with Crippen LogP contribution >= 0.6 is 0 Å². The van der Waals surface area contributed by atoms with E-state index in [1.807, 2.05) is 19.9 Å². The van der Waals surface area contributed by atoms with E-state index in [0.29, 0.717) is 11.3 Å². The summed E-state index contributed by atoms with van der Waals surface area (Å²) in [6.07, 6.45) is 3.61. The predicted molar refractivity (Wildman–Crippen MR) is 71.1 cm³/mol. The molecule has 1 amide bonds. The van der Waals surface area contributed by atoms with E-state index in [1.165, 1.54) is 19.1 Å². The average molecular weight is 262 g/mol. The lowest BCUT2D eigenvalue weighted by molar-refractivity contribution is -0.384. The first-order valence-electron chi connectivity index (χ1n) is 5.77. The Bertz CT molecular complexity index is 591. The molecular weight excluding hydrogens is 248 g/mol. The smallest absolute Gasteiger partial charge is 0.293 e. The number of anilines is 1. The first-order chi connectivity index (χ1) is 8.78. The molecule has 19 heavy (non-hydrogen) atoms. The minimum Gasteiger partial charge on any atom is -0.483 e. The highest BCUT2D eigenvalue weighted by Crippen LogP contribution is 2.38. The molecular formula is C13H14N2O4. The van der Waals surface area contributed by atoms with Gasteiger partial charge in [-0.15, -0.1) is 0 Å². The summed E-state index contributed by atoms with van der Waals surface area (Å²) in [4.78, 5) is 21.6. The lowest BCUT2D eigenvalue weighted by Gasteiger charge is -2.28. The Morgan fingerprint density at radius 2 is 2.11 bits per heavy atom. The Morgan fingerprint density at radius 3 is 2.68 bits per heavy atom. The monoisotopic (exact) mass is 262 g/mol. The van der Waals surface area contributed by atoms with Crippen LogP contribution in [0.15, 0.2) is 18.2 Å². The Morgan fingerprint density at radius 1 is 1.42 bits per heavy atom. The number of amides is 1. The zero-order valence-corrected chi connectivity index (χ0v) is 10.9. The molecule has 0 aliphatic carbocycles. The second-order valence-electron chi connectivity index (χ2n) is 4.88. The number of ether oxygens (including phenoxy) is 1. The number of rotatable bonds is 2. The summed E-state index contributed by atoms with van der Waals surface area (Å²) < 4.78 is 5.72.